The van der Waals surface area contributed by atoms with Crippen LogP contribution in [0.5, 0.6) is 0 Å². The van der Waals surface area contributed by atoms with Crippen LogP contribution in [-0.4, -0.2) is 13.1 Å². The standard InChI is InChI=1S/C17H21ClN2/c1-12-7-9-14(10-8-12)20(3)17-6-4-5-16(18)15(17)11-13(2)19/h4-10,13H,11,19H2,1-3H3. The average molecular weight is 289 g/mol. The molecule has 2 nitrogen and oxygen atoms in total. The van der Waals surface area contributed by atoms with Gasteiger partial charge in [0.25, 0.3) is 0 Å². The van der Waals surface area contributed by atoms with E-state index >= 15 is 0 Å². The Morgan fingerprint density at radius 1 is 1.15 bits per heavy atom. The van der Waals surface area contributed by atoms with Crippen molar-refractivity contribution in [1.82, 2.24) is 0 Å². The van der Waals surface area contributed by atoms with Crippen LogP contribution in [-0.2, 0) is 6.42 Å². The highest BCUT2D eigenvalue weighted by atomic mass is 35.5. The van der Waals surface area contributed by atoms with Gasteiger partial charge in [0.05, 0.1) is 0 Å². The Labute approximate surface area is 126 Å². The van der Waals surface area contributed by atoms with Gasteiger partial charge >= 0.3 is 0 Å². The minimum absolute atomic E-state index is 0.0834. The molecular weight excluding hydrogens is 268 g/mol. The molecule has 0 aliphatic carbocycles. The number of rotatable bonds is 4. The third kappa shape index (κ3) is 3.33. The number of aryl methyl sites for hydroxylation is 1. The molecule has 0 aliphatic heterocycles. The fourth-order valence-electron chi connectivity index (χ4n) is 2.29. The molecule has 1 atom stereocenters. The van der Waals surface area contributed by atoms with Gasteiger partial charge in [-0.1, -0.05) is 35.4 Å². The van der Waals surface area contributed by atoms with Crippen LogP contribution in [0, 0.1) is 6.92 Å². The number of nitrogens with zero attached hydrogens (tertiary/aromatic N) is 1. The summed E-state index contributed by atoms with van der Waals surface area (Å²) in [7, 11) is 2.06. The maximum Gasteiger partial charge on any atom is 0.0459 e. The Hall–Kier alpha value is -1.51. The smallest absolute Gasteiger partial charge is 0.0459 e. The van der Waals surface area contributed by atoms with Gasteiger partial charge in [0.15, 0.2) is 0 Å². The number of hydrogen-bond donors (Lipinski definition) is 1. The lowest BCUT2D eigenvalue weighted by molar-refractivity contribution is 0.737. The summed E-state index contributed by atoms with van der Waals surface area (Å²) in [5, 5.41) is 0.777. The van der Waals surface area contributed by atoms with Crippen LogP contribution in [0.1, 0.15) is 18.1 Å². The molecule has 0 radical (unpaired) electrons. The van der Waals surface area contributed by atoms with Crippen LogP contribution < -0.4 is 10.6 Å². The summed E-state index contributed by atoms with van der Waals surface area (Å²) < 4.78 is 0. The van der Waals surface area contributed by atoms with Crippen molar-refractivity contribution in [3.05, 3.63) is 58.6 Å². The van der Waals surface area contributed by atoms with E-state index in [0.29, 0.717) is 0 Å². The molecule has 0 aromatic heterocycles. The van der Waals surface area contributed by atoms with Crippen molar-refractivity contribution in [2.24, 2.45) is 5.73 Å². The molecule has 1 unspecified atom stereocenters. The SMILES string of the molecule is Cc1ccc(N(C)c2cccc(Cl)c2CC(C)N)cc1. The van der Waals surface area contributed by atoms with Crippen molar-refractivity contribution in [1.29, 1.82) is 0 Å². The number of anilines is 2. The first-order chi connectivity index (χ1) is 9.49. The molecule has 0 saturated heterocycles. The molecule has 0 saturated carbocycles. The lowest BCUT2D eigenvalue weighted by Crippen LogP contribution is -2.20. The van der Waals surface area contributed by atoms with Gasteiger partial charge in [0.2, 0.25) is 0 Å². The molecule has 0 amide bonds. The van der Waals surface area contributed by atoms with Crippen LogP contribution in [0.4, 0.5) is 11.4 Å². The van der Waals surface area contributed by atoms with Gasteiger partial charge in [-0.3, -0.25) is 0 Å². The molecule has 106 valence electrons. The van der Waals surface area contributed by atoms with E-state index in [1.54, 1.807) is 0 Å². The molecule has 2 aromatic carbocycles. The molecule has 0 fully saturated rings. The first-order valence-electron chi connectivity index (χ1n) is 6.82. The summed E-state index contributed by atoms with van der Waals surface area (Å²) in [5.74, 6) is 0. The van der Waals surface area contributed by atoms with Crippen molar-refractivity contribution in [2.45, 2.75) is 26.3 Å². The molecule has 2 N–H and O–H groups in total. The van der Waals surface area contributed by atoms with E-state index in [-0.39, 0.29) is 6.04 Å². The largest absolute Gasteiger partial charge is 0.344 e. The molecule has 2 aromatic rings. The van der Waals surface area contributed by atoms with Crippen LogP contribution in [0.2, 0.25) is 5.02 Å². The molecule has 20 heavy (non-hydrogen) atoms. The molecular formula is C17H21ClN2. The Morgan fingerprint density at radius 3 is 2.40 bits per heavy atom. The van der Waals surface area contributed by atoms with Crippen molar-refractivity contribution in [2.75, 3.05) is 11.9 Å². The minimum atomic E-state index is 0.0834. The molecule has 0 heterocycles. The zero-order valence-electron chi connectivity index (χ0n) is 12.2. The predicted octanol–water partition coefficient (Wildman–Crippen LogP) is 4.31. The molecule has 3 heteroatoms. The second-order valence-electron chi connectivity index (χ2n) is 5.31. The summed E-state index contributed by atoms with van der Waals surface area (Å²) in [6.45, 7) is 4.09. The van der Waals surface area contributed by atoms with E-state index in [4.69, 9.17) is 17.3 Å². The van der Waals surface area contributed by atoms with Gasteiger partial charge in [-0.25, -0.2) is 0 Å². The maximum atomic E-state index is 6.35. The fraction of sp³-hybridized carbons (Fsp3) is 0.294. The second-order valence-corrected chi connectivity index (χ2v) is 5.72. The van der Waals surface area contributed by atoms with E-state index < -0.39 is 0 Å². The van der Waals surface area contributed by atoms with Crippen LogP contribution in [0.25, 0.3) is 0 Å². The summed E-state index contributed by atoms with van der Waals surface area (Å²) in [5.41, 5.74) is 10.6. The van der Waals surface area contributed by atoms with Crippen LogP contribution in [0.3, 0.4) is 0 Å². The van der Waals surface area contributed by atoms with Crippen LogP contribution in [0.15, 0.2) is 42.5 Å². The first-order valence-corrected chi connectivity index (χ1v) is 7.20. The van der Waals surface area contributed by atoms with E-state index in [9.17, 15) is 0 Å². The van der Waals surface area contributed by atoms with Gasteiger partial charge in [0.1, 0.15) is 0 Å². The minimum Gasteiger partial charge on any atom is -0.344 e. The van der Waals surface area contributed by atoms with Crippen molar-refractivity contribution >= 4 is 23.0 Å². The first kappa shape index (κ1) is 14.9. The predicted molar refractivity (Wildman–Crippen MR) is 88.0 cm³/mol. The van der Waals surface area contributed by atoms with Gasteiger partial charge in [-0.15, -0.1) is 0 Å². The lowest BCUT2D eigenvalue weighted by atomic mass is 10.0. The monoisotopic (exact) mass is 288 g/mol. The summed E-state index contributed by atoms with van der Waals surface area (Å²) >= 11 is 6.35. The Bertz CT molecular complexity index is 576. The molecule has 0 spiro atoms. The third-order valence-corrected chi connectivity index (χ3v) is 3.76. The summed E-state index contributed by atoms with van der Waals surface area (Å²) in [6.07, 6.45) is 0.769. The van der Waals surface area contributed by atoms with Gasteiger partial charge in [-0.2, -0.15) is 0 Å². The molecule has 0 aliphatic rings. The fourth-order valence-corrected chi connectivity index (χ4v) is 2.54. The molecule has 0 bridgehead atoms. The van der Waals surface area contributed by atoms with E-state index in [1.165, 1.54) is 5.56 Å². The van der Waals surface area contributed by atoms with E-state index in [0.717, 1.165) is 28.4 Å². The normalized spacial score (nSPS) is 12.2. The number of nitrogens with two attached hydrogens (primary N) is 1. The Balaban J connectivity index is 2.41. The zero-order valence-corrected chi connectivity index (χ0v) is 13.0. The second kappa shape index (κ2) is 6.29. The van der Waals surface area contributed by atoms with E-state index in [2.05, 4.69) is 49.2 Å². The van der Waals surface area contributed by atoms with Crippen LogP contribution >= 0.6 is 11.6 Å². The summed E-state index contributed by atoms with van der Waals surface area (Å²) in [6, 6.07) is 14.5. The average Bonchev–Trinajstić information content (AvgIpc) is 2.41. The zero-order chi connectivity index (χ0) is 14.7. The van der Waals surface area contributed by atoms with Crippen molar-refractivity contribution in [3.8, 4) is 0 Å². The quantitative estimate of drug-likeness (QED) is 0.908. The third-order valence-electron chi connectivity index (χ3n) is 3.40. The van der Waals surface area contributed by atoms with Crippen molar-refractivity contribution in [3.63, 3.8) is 0 Å². The van der Waals surface area contributed by atoms with Gasteiger partial charge in [-0.05, 0) is 50.1 Å². The number of benzene rings is 2. The highest BCUT2D eigenvalue weighted by molar-refractivity contribution is 6.31. The summed E-state index contributed by atoms with van der Waals surface area (Å²) in [4.78, 5) is 2.16. The van der Waals surface area contributed by atoms with Crippen molar-refractivity contribution < 1.29 is 0 Å². The number of hydrogen-bond acceptors (Lipinski definition) is 2. The topological polar surface area (TPSA) is 29.3 Å². The van der Waals surface area contributed by atoms with Gasteiger partial charge < -0.3 is 10.6 Å². The Morgan fingerprint density at radius 2 is 1.80 bits per heavy atom. The number of halogens is 1. The highest BCUT2D eigenvalue weighted by Crippen LogP contribution is 2.32. The maximum absolute atomic E-state index is 6.35. The Kier molecular flexibility index (Phi) is 4.69. The molecule has 2 rings (SSSR count). The lowest BCUT2D eigenvalue weighted by Gasteiger charge is -2.24. The van der Waals surface area contributed by atoms with Gasteiger partial charge in [0, 0.05) is 29.5 Å². The highest BCUT2D eigenvalue weighted by Gasteiger charge is 2.13. The van der Waals surface area contributed by atoms with E-state index in [1.807, 2.05) is 19.1 Å².